The summed E-state index contributed by atoms with van der Waals surface area (Å²) < 4.78 is 28.5. The molecule has 1 aromatic heterocycles. The second-order valence-electron chi connectivity index (χ2n) is 4.96. The molecule has 0 saturated heterocycles. The molecular weight excluding hydrogens is 252 g/mol. The highest BCUT2D eigenvalue weighted by Gasteiger charge is 2.41. The van der Waals surface area contributed by atoms with Crippen LogP contribution in [0.3, 0.4) is 0 Å². The third kappa shape index (κ3) is 3.30. The summed E-state index contributed by atoms with van der Waals surface area (Å²) in [4.78, 5) is 0.243. The average molecular weight is 272 g/mol. The topological polar surface area (TPSA) is 76.0 Å². The van der Waals surface area contributed by atoms with Gasteiger partial charge in [0.25, 0.3) is 0 Å². The van der Waals surface area contributed by atoms with Crippen molar-refractivity contribution in [3.63, 3.8) is 0 Å². The van der Waals surface area contributed by atoms with E-state index in [0.29, 0.717) is 6.54 Å². The normalized spacial score (nSPS) is 17.9. The third-order valence-corrected chi connectivity index (χ3v) is 4.66. The zero-order valence-corrected chi connectivity index (χ0v) is 11.6. The predicted octanol–water partition coefficient (Wildman–Crippen LogP) is 0.323. The molecule has 102 valence electrons. The van der Waals surface area contributed by atoms with Crippen LogP contribution in [0.4, 0.5) is 0 Å². The molecule has 1 heterocycles. The number of nitrogens with one attached hydrogen (secondary N) is 2. The number of nitrogens with zero attached hydrogens (tertiary/aromatic N) is 2. The van der Waals surface area contributed by atoms with Crippen LogP contribution in [0, 0.1) is 0 Å². The molecule has 0 aromatic carbocycles. The first-order valence-corrected chi connectivity index (χ1v) is 7.71. The van der Waals surface area contributed by atoms with Gasteiger partial charge in [0.2, 0.25) is 10.0 Å². The zero-order valence-electron chi connectivity index (χ0n) is 10.8. The fraction of sp³-hybridized carbons (Fsp3) is 0.727. The molecule has 0 amide bonds. The molecule has 1 aliphatic rings. The maximum Gasteiger partial charge on any atom is 0.244 e. The van der Waals surface area contributed by atoms with Crippen LogP contribution in [0.15, 0.2) is 17.3 Å². The second-order valence-corrected chi connectivity index (χ2v) is 6.64. The molecule has 1 fully saturated rings. The molecule has 0 radical (unpaired) electrons. The van der Waals surface area contributed by atoms with E-state index < -0.39 is 10.0 Å². The van der Waals surface area contributed by atoms with Crippen molar-refractivity contribution in [1.29, 1.82) is 0 Å². The Morgan fingerprint density at radius 3 is 2.83 bits per heavy atom. The molecule has 0 aliphatic heterocycles. The van der Waals surface area contributed by atoms with Crippen molar-refractivity contribution in [1.82, 2.24) is 19.8 Å². The first-order chi connectivity index (χ1) is 8.45. The van der Waals surface area contributed by atoms with E-state index in [1.54, 1.807) is 10.9 Å². The molecule has 0 atom stereocenters. The number of hydrogen-bond acceptors (Lipinski definition) is 4. The van der Waals surface area contributed by atoms with Gasteiger partial charge in [0, 0.05) is 18.3 Å². The van der Waals surface area contributed by atoms with E-state index in [1.807, 2.05) is 13.8 Å². The van der Waals surface area contributed by atoms with E-state index in [-0.39, 0.29) is 10.4 Å². The van der Waals surface area contributed by atoms with E-state index in [1.165, 1.54) is 6.20 Å². The van der Waals surface area contributed by atoms with Gasteiger partial charge < -0.3 is 5.32 Å². The molecule has 0 unspecified atom stereocenters. The molecule has 18 heavy (non-hydrogen) atoms. The Morgan fingerprint density at radius 2 is 2.22 bits per heavy atom. The minimum atomic E-state index is -3.42. The lowest BCUT2D eigenvalue weighted by Gasteiger charge is -2.10. The molecule has 1 saturated carbocycles. The molecular formula is C11H20N4O2S. The minimum Gasteiger partial charge on any atom is -0.315 e. The summed E-state index contributed by atoms with van der Waals surface area (Å²) >= 11 is 0. The van der Waals surface area contributed by atoms with E-state index in [4.69, 9.17) is 0 Å². The SMILES string of the molecule is CCNCCn1cc(S(=O)(=O)NC2(C)CC2)cn1. The van der Waals surface area contributed by atoms with Gasteiger partial charge in [-0.1, -0.05) is 6.92 Å². The average Bonchev–Trinajstić information content (AvgIpc) is 2.80. The Labute approximate surface area is 108 Å². The van der Waals surface area contributed by atoms with Crippen LogP contribution >= 0.6 is 0 Å². The first kappa shape index (κ1) is 13.5. The second kappa shape index (κ2) is 4.99. The van der Waals surface area contributed by atoms with Crippen LogP contribution in [0.1, 0.15) is 26.7 Å². The molecule has 7 heteroatoms. The molecule has 2 N–H and O–H groups in total. The highest BCUT2D eigenvalue weighted by atomic mass is 32.2. The number of rotatable bonds is 7. The first-order valence-electron chi connectivity index (χ1n) is 6.22. The minimum absolute atomic E-state index is 0.243. The molecule has 0 spiro atoms. The molecule has 1 aromatic rings. The summed E-state index contributed by atoms with van der Waals surface area (Å²) in [6, 6.07) is 0. The summed E-state index contributed by atoms with van der Waals surface area (Å²) in [6.07, 6.45) is 4.78. The van der Waals surface area contributed by atoms with Gasteiger partial charge >= 0.3 is 0 Å². The monoisotopic (exact) mass is 272 g/mol. The molecule has 0 bridgehead atoms. The summed E-state index contributed by atoms with van der Waals surface area (Å²) in [6.45, 7) is 6.29. The third-order valence-electron chi connectivity index (χ3n) is 3.07. The number of hydrogen-bond donors (Lipinski definition) is 2. The van der Waals surface area contributed by atoms with Crippen molar-refractivity contribution in [2.24, 2.45) is 0 Å². The van der Waals surface area contributed by atoms with Gasteiger partial charge in [-0.2, -0.15) is 5.10 Å². The molecule has 1 aliphatic carbocycles. The number of likely N-dealkylation sites (N-methyl/N-ethyl adjacent to an activating group) is 1. The lowest BCUT2D eigenvalue weighted by Crippen LogP contribution is -2.34. The summed E-state index contributed by atoms with van der Waals surface area (Å²) in [5.74, 6) is 0. The van der Waals surface area contributed by atoms with Gasteiger partial charge in [0.05, 0.1) is 12.7 Å². The quantitative estimate of drug-likeness (QED) is 0.701. The van der Waals surface area contributed by atoms with Crippen LogP contribution in [0.5, 0.6) is 0 Å². The fourth-order valence-electron chi connectivity index (χ4n) is 1.65. The van der Waals surface area contributed by atoms with E-state index >= 15 is 0 Å². The smallest absolute Gasteiger partial charge is 0.244 e. The van der Waals surface area contributed by atoms with Crippen LogP contribution in [0.2, 0.25) is 0 Å². The Balaban J connectivity index is 2.00. The van der Waals surface area contributed by atoms with E-state index in [2.05, 4.69) is 15.1 Å². The van der Waals surface area contributed by atoms with Crippen LogP contribution < -0.4 is 10.0 Å². The lowest BCUT2D eigenvalue weighted by atomic mass is 10.4. The van der Waals surface area contributed by atoms with Gasteiger partial charge in [0.15, 0.2) is 0 Å². The Bertz CT molecular complexity index is 505. The maximum absolute atomic E-state index is 12.1. The Morgan fingerprint density at radius 1 is 1.50 bits per heavy atom. The van der Waals surface area contributed by atoms with Gasteiger partial charge in [-0.05, 0) is 26.3 Å². The fourth-order valence-corrected chi connectivity index (χ4v) is 3.07. The Hall–Kier alpha value is -0.920. The maximum atomic E-state index is 12.1. The van der Waals surface area contributed by atoms with Crippen molar-refractivity contribution >= 4 is 10.0 Å². The highest BCUT2D eigenvalue weighted by Crippen LogP contribution is 2.35. The van der Waals surface area contributed by atoms with Crippen LogP contribution in [0.25, 0.3) is 0 Å². The van der Waals surface area contributed by atoms with Crippen molar-refractivity contribution < 1.29 is 8.42 Å². The van der Waals surface area contributed by atoms with Gasteiger partial charge in [-0.3, -0.25) is 4.68 Å². The highest BCUT2D eigenvalue weighted by molar-refractivity contribution is 7.89. The van der Waals surface area contributed by atoms with Crippen LogP contribution in [-0.4, -0.2) is 36.8 Å². The summed E-state index contributed by atoms with van der Waals surface area (Å²) in [5.41, 5.74) is -0.245. The van der Waals surface area contributed by atoms with E-state index in [0.717, 1.165) is 25.9 Å². The van der Waals surface area contributed by atoms with Gasteiger partial charge in [0.1, 0.15) is 4.90 Å². The van der Waals surface area contributed by atoms with Gasteiger partial charge in [-0.15, -0.1) is 0 Å². The zero-order chi connectivity index (χ0) is 13.2. The van der Waals surface area contributed by atoms with Gasteiger partial charge in [-0.25, -0.2) is 13.1 Å². The standard InChI is InChI=1S/C11H20N4O2S/c1-3-12-6-7-15-9-10(8-13-15)18(16,17)14-11(2)4-5-11/h8-9,12,14H,3-7H2,1-2H3. The van der Waals surface area contributed by atoms with Crippen LogP contribution in [-0.2, 0) is 16.6 Å². The predicted molar refractivity (Wildman–Crippen MR) is 68.7 cm³/mol. The van der Waals surface area contributed by atoms with Crippen molar-refractivity contribution in [2.45, 2.75) is 43.7 Å². The van der Waals surface area contributed by atoms with Crippen molar-refractivity contribution in [3.8, 4) is 0 Å². The molecule has 6 nitrogen and oxygen atoms in total. The Kier molecular flexibility index (Phi) is 3.74. The van der Waals surface area contributed by atoms with E-state index in [9.17, 15) is 8.42 Å². The van der Waals surface area contributed by atoms with Crippen molar-refractivity contribution in [3.05, 3.63) is 12.4 Å². The summed E-state index contributed by atoms with van der Waals surface area (Å²) in [5, 5.41) is 7.23. The summed E-state index contributed by atoms with van der Waals surface area (Å²) in [7, 11) is -3.42. The number of sulfonamides is 1. The largest absolute Gasteiger partial charge is 0.315 e. The van der Waals surface area contributed by atoms with Crippen molar-refractivity contribution in [2.75, 3.05) is 13.1 Å². The lowest BCUT2D eigenvalue weighted by molar-refractivity contribution is 0.554. The number of aromatic nitrogens is 2. The molecule has 2 rings (SSSR count).